The Balaban J connectivity index is 1.68. The molecule has 116 valence electrons. The molecule has 0 radical (unpaired) electrons. The van der Waals surface area contributed by atoms with Crippen molar-refractivity contribution in [1.29, 1.82) is 0 Å². The first kappa shape index (κ1) is 15.9. The van der Waals surface area contributed by atoms with Crippen LogP contribution >= 0.6 is 0 Å². The second kappa shape index (κ2) is 8.72. The quantitative estimate of drug-likeness (QED) is 0.550. The average Bonchev–Trinajstić information content (AvgIpc) is 2.56. The number of hydrogen-bond acceptors (Lipinski definition) is 4. The van der Waals surface area contributed by atoms with Gasteiger partial charge in [-0.25, -0.2) is 4.79 Å². The van der Waals surface area contributed by atoms with Gasteiger partial charge in [0.2, 0.25) is 0 Å². The van der Waals surface area contributed by atoms with Gasteiger partial charge in [0, 0.05) is 6.42 Å². The molecule has 0 N–H and O–H groups in total. The van der Waals surface area contributed by atoms with Gasteiger partial charge in [0.05, 0.1) is 25.4 Å². The number of para-hydroxylation sites is 1. The molecule has 0 fully saturated rings. The fourth-order valence-corrected chi connectivity index (χ4v) is 1.86. The Morgan fingerprint density at radius 2 is 1.45 bits per heavy atom. The second-order valence-corrected chi connectivity index (χ2v) is 4.61. The van der Waals surface area contributed by atoms with Crippen LogP contribution in [0.15, 0.2) is 54.6 Å². The van der Waals surface area contributed by atoms with E-state index in [2.05, 4.69) is 0 Å². The highest BCUT2D eigenvalue weighted by molar-refractivity contribution is 5.89. The molecule has 0 unspecified atom stereocenters. The lowest BCUT2D eigenvalue weighted by molar-refractivity contribution is 0.0526. The van der Waals surface area contributed by atoms with Gasteiger partial charge >= 0.3 is 5.97 Å². The molecule has 0 heterocycles. The average molecular weight is 300 g/mol. The molecule has 4 nitrogen and oxygen atoms in total. The zero-order chi connectivity index (χ0) is 15.6. The topological polar surface area (TPSA) is 44.8 Å². The van der Waals surface area contributed by atoms with Gasteiger partial charge in [0.1, 0.15) is 11.5 Å². The number of benzene rings is 2. The fourth-order valence-electron chi connectivity index (χ4n) is 1.86. The van der Waals surface area contributed by atoms with E-state index in [-0.39, 0.29) is 5.97 Å². The van der Waals surface area contributed by atoms with Crippen LogP contribution in [0.3, 0.4) is 0 Å². The minimum Gasteiger partial charge on any atom is -0.493 e. The highest BCUT2D eigenvalue weighted by Gasteiger charge is 2.05. The molecular weight excluding hydrogens is 280 g/mol. The summed E-state index contributed by atoms with van der Waals surface area (Å²) in [6.45, 7) is 3.32. The van der Waals surface area contributed by atoms with Crippen LogP contribution in [0.5, 0.6) is 11.5 Å². The molecular formula is C18H20O4. The van der Waals surface area contributed by atoms with Crippen LogP contribution in [0.4, 0.5) is 0 Å². The Bertz CT molecular complexity index is 563. The molecule has 4 heteroatoms. The summed E-state index contributed by atoms with van der Waals surface area (Å²) < 4.78 is 16.1. The minimum atomic E-state index is -0.315. The second-order valence-electron chi connectivity index (χ2n) is 4.61. The summed E-state index contributed by atoms with van der Waals surface area (Å²) in [5.74, 6) is 1.28. The summed E-state index contributed by atoms with van der Waals surface area (Å²) in [6.07, 6.45) is 0.786. The first-order valence-electron chi connectivity index (χ1n) is 7.37. The molecule has 0 saturated carbocycles. The number of ether oxygens (including phenoxy) is 3. The van der Waals surface area contributed by atoms with Crippen molar-refractivity contribution in [3.63, 3.8) is 0 Å². The third kappa shape index (κ3) is 5.13. The van der Waals surface area contributed by atoms with Gasteiger partial charge in [-0.2, -0.15) is 0 Å². The predicted octanol–water partition coefficient (Wildman–Crippen LogP) is 3.71. The van der Waals surface area contributed by atoms with E-state index in [1.165, 1.54) is 0 Å². The summed E-state index contributed by atoms with van der Waals surface area (Å²) in [5.41, 5.74) is 0.529. The van der Waals surface area contributed by atoms with E-state index in [1.807, 2.05) is 30.3 Å². The molecule has 0 saturated heterocycles. The zero-order valence-corrected chi connectivity index (χ0v) is 12.7. The third-order valence-electron chi connectivity index (χ3n) is 2.93. The van der Waals surface area contributed by atoms with Gasteiger partial charge in [0.25, 0.3) is 0 Å². The molecule has 2 aromatic rings. The highest BCUT2D eigenvalue weighted by atomic mass is 16.5. The van der Waals surface area contributed by atoms with Crippen molar-refractivity contribution in [3.05, 3.63) is 60.2 Å². The number of hydrogen-bond donors (Lipinski definition) is 0. The minimum absolute atomic E-state index is 0.315. The van der Waals surface area contributed by atoms with Gasteiger partial charge in [-0.1, -0.05) is 18.2 Å². The van der Waals surface area contributed by atoms with Crippen molar-refractivity contribution < 1.29 is 19.0 Å². The van der Waals surface area contributed by atoms with Crippen molar-refractivity contribution in [2.24, 2.45) is 0 Å². The molecule has 22 heavy (non-hydrogen) atoms. The molecule has 0 aromatic heterocycles. The lowest BCUT2D eigenvalue weighted by Gasteiger charge is -2.08. The van der Waals surface area contributed by atoms with Gasteiger partial charge in [-0.15, -0.1) is 0 Å². The summed E-state index contributed by atoms with van der Waals surface area (Å²) in [6, 6.07) is 16.6. The van der Waals surface area contributed by atoms with Gasteiger partial charge in [0.15, 0.2) is 0 Å². The number of esters is 1. The number of rotatable bonds is 8. The normalized spacial score (nSPS) is 10.0. The van der Waals surface area contributed by atoms with Crippen LogP contribution in [-0.4, -0.2) is 25.8 Å². The smallest absolute Gasteiger partial charge is 0.338 e. The van der Waals surface area contributed by atoms with Crippen LogP contribution in [0.25, 0.3) is 0 Å². The molecule has 0 aliphatic heterocycles. The molecule has 2 rings (SSSR count). The van der Waals surface area contributed by atoms with Gasteiger partial charge in [-0.05, 0) is 43.3 Å². The fraction of sp³-hybridized carbons (Fsp3) is 0.278. The van der Waals surface area contributed by atoms with Gasteiger partial charge in [-0.3, -0.25) is 0 Å². The summed E-state index contributed by atoms with van der Waals surface area (Å²) >= 11 is 0. The highest BCUT2D eigenvalue weighted by Crippen LogP contribution is 2.13. The summed E-state index contributed by atoms with van der Waals surface area (Å²) in [4.78, 5) is 11.5. The van der Waals surface area contributed by atoms with Crippen LogP contribution in [0.2, 0.25) is 0 Å². The summed E-state index contributed by atoms with van der Waals surface area (Å²) in [5, 5.41) is 0. The van der Waals surface area contributed by atoms with E-state index in [4.69, 9.17) is 14.2 Å². The predicted molar refractivity (Wildman–Crippen MR) is 84.4 cm³/mol. The number of carbonyl (C=O) groups excluding carboxylic acids is 1. The maximum atomic E-state index is 11.5. The number of carbonyl (C=O) groups is 1. The van der Waals surface area contributed by atoms with E-state index < -0.39 is 0 Å². The van der Waals surface area contributed by atoms with Crippen LogP contribution < -0.4 is 9.47 Å². The zero-order valence-electron chi connectivity index (χ0n) is 12.7. The molecule has 0 bridgehead atoms. The maximum absolute atomic E-state index is 11.5. The van der Waals surface area contributed by atoms with Crippen LogP contribution in [-0.2, 0) is 4.74 Å². The Hall–Kier alpha value is -2.49. The molecule has 0 atom stereocenters. The van der Waals surface area contributed by atoms with Crippen LogP contribution in [0, 0.1) is 0 Å². The van der Waals surface area contributed by atoms with E-state index >= 15 is 0 Å². The summed E-state index contributed by atoms with van der Waals surface area (Å²) in [7, 11) is 0. The van der Waals surface area contributed by atoms with Crippen molar-refractivity contribution in [2.75, 3.05) is 19.8 Å². The molecule has 2 aromatic carbocycles. The molecule has 0 aliphatic carbocycles. The lowest BCUT2D eigenvalue weighted by atomic mass is 10.2. The lowest BCUT2D eigenvalue weighted by Crippen LogP contribution is -2.06. The first-order valence-corrected chi connectivity index (χ1v) is 7.37. The standard InChI is InChI=1S/C18H20O4/c1-2-20-18(19)15-9-11-17(12-10-15)22-14-6-13-21-16-7-4-3-5-8-16/h3-5,7-12H,2,6,13-14H2,1H3. The van der Waals surface area contributed by atoms with E-state index in [1.54, 1.807) is 31.2 Å². The molecule has 0 amide bonds. The van der Waals surface area contributed by atoms with Crippen LogP contribution in [0.1, 0.15) is 23.7 Å². The third-order valence-corrected chi connectivity index (χ3v) is 2.93. The first-order chi connectivity index (χ1) is 10.8. The Kier molecular flexibility index (Phi) is 6.30. The van der Waals surface area contributed by atoms with E-state index in [0.29, 0.717) is 25.4 Å². The SMILES string of the molecule is CCOC(=O)c1ccc(OCCCOc2ccccc2)cc1. The monoisotopic (exact) mass is 300 g/mol. The molecule has 0 spiro atoms. The molecule has 0 aliphatic rings. The Morgan fingerprint density at radius 3 is 2.05 bits per heavy atom. The van der Waals surface area contributed by atoms with Gasteiger partial charge < -0.3 is 14.2 Å². The largest absolute Gasteiger partial charge is 0.493 e. The van der Waals surface area contributed by atoms with Crippen molar-refractivity contribution in [3.8, 4) is 11.5 Å². The van der Waals surface area contributed by atoms with Crippen molar-refractivity contribution >= 4 is 5.97 Å². The Morgan fingerprint density at radius 1 is 0.864 bits per heavy atom. The van der Waals surface area contributed by atoms with Crippen molar-refractivity contribution in [1.82, 2.24) is 0 Å². The maximum Gasteiger partial charge on any atom is 0.338 e. The van der Waals surface area contributed by atoms with Crippen molar-refractivity contribution in [2.45, 2.75) is 13.3 Å². The van der Waals surface area contributed by atoms with E-state index in [0.717, 1.165) is 17.9 Å². The Labute approximate surface area is 130 Å². The van der Waals surface area contributed by atoms with E-state index in [9.17, 15) is 4.79 Å².